The van der Waals surface area contributed by atoms with E-state index >= 15 is 0 Å². The van der Waals surface area contributed by atoms with Crippen LogP contribution in [0.5, 0.6) is 0 Å². The minimum absolute atomic E-state index is 0. The fraction of sp³-hybridized carbons (Fsp3) is 0.818. The van der Waals surface area contributed by atoms with E-state index in [-0.39, 0.29) is 26.2 Å². The fourth-order valence-corrected chi connectivity index (χ4v) is 1.50. The molecule has 0 aliphatic heterocycles. The summed E-state index contributed by atoms with van der Waals surface area (Å²) in [6.45, 7) is 5.03. The van der Waals surface area contributed by atoms with Crippen molar-refractivity contribution < 1.29 is 40.1 Å². The first-order chi connectivity index (χ1) is 6.87. The van der Waals surface area contributed by atoms with E-state index in [0.29, 0.717) is 6.42 Å². The van der Waals surface area contributed by atoms with Gasteiger partial charge >= 0.3 is 30.8 Å². The van der Waals surface area contributed by atoms with Crippen molar-refractivity contribution in [3.8, 4) is 0 Å². The molecule has 2 N–H and O–H groups in total. The zero-order valence-electron chi connectivity index (χ0n) is 11.6. The Kier molecular flexibility index (Phi) is 8.68. The van der Waals surface area contributed by atoms with Gasteiger partial charge in [0.05, 0.1) is 0 Å². The predicted molar refractivity (Wildman–Crippen MR) is 57.8 cm³/mol. The van der Waals surface area contributed by atoms with Crippen LogP contribution < -0.4 is 18.9 Å². The van der Waals surface area contributed by atoms with Crippen LogP contribution in [0.2, 0.25) is 0 Å². The SMILES string of the molecule is CCCCCC(C)C(C)(C(=O)O)C(=O)O.[H-].[Li+]. The molecule has 0 fully saturated rings. The smallest absolute Gasteiger partial charge is 1.00 e. The van der Waals surface area contributed by atoms with E-state index in [4.69, 9.17) is 10.2 Å². The van der Waals surface area contributed by atoms with Gasteiger partial charge in [0.15, 0.2) is 5.41 Å². The van der Waals surface area contributed by atoms with Crippen LogP contribution in [0.25, 0.3) is 0 Å². The van der Waals surface area contributed by atoms with Gasteiger partial charge in [0.25, 0.3) is 0 Å². The molecule has 0 heterocycles. The van der Waals surface area contributed by atoms with Crippen molar-refractivity contribution in [3.05, 3.63) is 0 Å². The number of unbranched alkanes of at least 4 members (excludes halogenated alkanes) is 2. The molecule has 0 aromatic rings. The Bertz CT molecular complexity index is 232. The summed E-state index contributed by atoms with van der Waals surface area (Å²) in [6, 6.07) is 0. The van der Waals surface area contributed by atoms with Gasteiger partial charge < -0.3 is 11.6 Å². The van der Waals surface area contributed by atoms with Gasteiger partial charge in [0, 0.05) is 0 Å². The topological polar surface area (TPSA) is 74.6 Å². The average Bonchev–Trinajstić information content (AvgIpc) is 2.15. The van der Waals surface area contributed by atoms with E-state index in [1.165, 1.54) is 6.92 Å². The summed E-state index contributed by atoms with van der Waals surface area (Å²) in [5.41, 5.74) is -1.66. The van der Waals surface area contributed by atoms with Gasteiger partial charge in [-0.1, -0.05) is 33.1 Å². The van der Waals surface area contributed by atoms with Crippen molar-refractivity contribution in [2.45, 2.75) is 46.5 Å². The van der Waals surface area contributed by atoms with Crippen molar-refractivity contribution >= 4 is 11.9 Å². The van der Waals surface area contributed by atoms with Gasteiger partial charge in [0.2, 0.25) is 0 Å². The monoisotopic (exact) mass is 224 g/mol. The zero-order valence-corrected chi connectivity index (χ0v) is 10.6. The van der Waals surface area contributed by atoms with E-state index in [0.717, 1.165) is 19.3 Å². The van der Waals surface area contributed by atoms with Crippen molar-refractivity contribution in [2.24, 2.45) is 11.3 Å². The number of aliphatic carboxylic acids is 2. The van der Waals surface area contributed by atoms with Gasteiger partial charge in [-0.25, -0.2) is 0 Å². The van der Waals surface area contributed by atoms with Crippen molar-refractivity contribution in [1.29, 1.82) is 0 Å². The van der Waals surface area contributed by atoms with Crippen LogP contribution in [0, 0.1) is 11.3 Å². The molecular weight excluding hydrogens is 203 g/mol. The quantitative estimate of drug-likeness (QED) is 0.347. The Morgan fingerprint density at radius 3 is 2.00 bits per heavy atom. The third-order valence-electron chi connectivity index (χ3n) is 3.11. The molecule has 90 valence electrons. The fourth-order valence-electron chi connectivity index (χ4n) is 1.50. The molecule has 0 aromatic heterocycles. The minimum atomic E-state index is -1.66. The second-order valence-electron chi connectivity index (χ2n) is 4.21. The molecule has 1 unspecified atom stereocenters. The largest absolute Gasteiger partial charge is 1.00 e. The Hall–Kier alpha value is -0.463. The molecule has 0 bridgehead atoms. The molecule has 0 saturated carbocycles. The van der Waals surface area contributed by atoms with Crippen LogP contribution in [0.3, 0.4) is 0 Å². The first kappa shape index (κ1) is 17.9. The molecule has 0 amide bonds. The molecule has 0 radical (unpaired) electrons. The molecule has 1 atom stereocenters. The Balaban J connectivity index is -0.000000980. The third-order valence-corrected chi connectivity index (χ3v) is 3.11. The molecule has 0 rings (SSSR count). The predicted octanol–water partition coefficient (Wildman–Crippen LogP) is -0.505. The molecule has 0 spiro atoms. The first-order valence-corrected chi connectivity index (χ1v) is 5.34. The van der Waals surface area contributed by atoms with Crippen molar-refractivity contribution in [1.82, 2.24) is 0 Å². The van der Waals surface area contributed by atoms with Crippen molar-refractivity contribution in [2.75, 3.05) is 0 Å². The molecule has 0 aromatic carbocycles. The second kappa shape index (κ2) is 7.75. The van der Waals surface area contributed by atoms with Gasteiger partial charge in [0.1, 0.15) is 0 Å². The maximum absolute atomic E-state index is 11.0. The first-order valence-electron chi connectivity index (χ1n) is 5.34. The maximum Gasteiger partial charge on any atom is 1.00 e. The standard InChI is InChI=1S/C11H20O4.Li.H/c1-4-5-6-7-8(2)11(3,9(12)13)10(14)15;;/h8H,4-7H2,1-3H3,(H,12,13)(H,14,15);;/q;+1;-1. The molecule has 0 aliphatic carbocycles. The maximum atomic E-state index is 11.0. The third kappa shape index (κ3) is 4.19. The van der Waals surface area contributed by atoms with Crippen molar-refractivity contribution in [3.63, 3.8) is 0 Å². The Morgan fingerprint density at radius 1 is 1.25 bits per heavy atom. The van der Waals surface area contributed by atoms with Gasteiger partial charge in [-0.3, -0.25) is 9.59 Å². The van der Waals surface area contributed by atoms with Crippen LogP contribution in [0.4, 0.5) is 0 Å². The van der Waals surface area contributed by atoms with Crippen LogP contribution in [0.1, 0.15) is 47.9 Å². The summed E-state index contributed by atoms with van der Waals surface area (Å²) in [7, 11) is 0. The van der Waals surface area contributed by atoms with Crippen LogP contribution >= 0.6 is 0 Å². The number of carboxylic acid groups (broad SMARTS) is 2. The molecular formula is C11H21LiO4. The van der Waals surface area contributed by atoms with E-state index in [1.807, 2.05) is 0 Å². The second-order valence-corrected chi connectivity index (χ2v) is 4.21. The van der Waals surface area contributed by atoms with E-state index in [2.05, 4.69) is 6.92 Å². The number of carboxylic acids is 2. The Labute approximate surface area is 110 Å². The minimum Gasteiger partial charge on any atom is -1.00 e. The van der Waals surface area contributed by atoms with E-state index in [1.54, 1.807) is 6.92 Å². The number of rotatable bonds is 7. The van der Waals surface area contributed by atoms with Crippen LogP contribution in [-0.4, -0.2) is 22.2 Å². The zero-order chi connectivity index (χ0) is 12.1. The number of carbonyl (C=O) groups is 2. The summed E-state index contributed by atoms with van der Waals surface area (Å²) in [5.74, 6) is -2.85. The normalized spacial score (nSPS) is 12.7. The van der Waals surface area contributed by atoms with E-state index in [9.17, 15) is 9.59 Å². The molecule has 4 nitrogen and oxygen atoms in total. The summed E-state index contributed by atoms with van der Waals surface area (Å²) < 4.78 is 0. The van der Waals surface area contributed by atoms with Gasteiger partial charge in [-0.05, 0) is 19.3 Å². The van der Waals surface area contributed by atoms with Crippen LogP contribution in [0.15, 0.2) is 0 Å². The average molecular weight is 224 g/mol. The van der Waals surface area contributed by atoms with Gasteiger partial charge in [-0.15, -0.1) is 0 Å². The molecule has 5 heteroatoms. The molecule has 0 aliphatic rings. The summed E-state index contributed by atoms with van der Waals surface area (Å²) in [4.78, 5) is 21.9. The molecule has 0 saturated heterocycles. The van der Waals surface area contributed by atoms with Gasteiger partial charge in [-0.2, -0.15) is 0 Å². The summed E-state index contributed by atoms with van der Waals surface area (Å²) in [6.07, 6.45) is 3.58. The van der Waals surface area contributed by atoms with E-state index < -0.39 is 17.4 Å². The summed E-state index contributed by atoms with van der Waals surface area (Å²) >= 11 is 0. The van der Waals surface area contributed by atoms with Crippen LogP contribution in [-0.2, 0) is 9.59 Å². The molecule has 16 heavy (non-hydrogen) atoms. The number of hydrogen-bond donors (Lipinski definition) is 2. The Morgan fingerprint density at radius 2 is 1.69 bits per heavy atom. The summed E-state index contributed by atoms with van der Waals surface area (Å²) in [5, 5.41) is 17.9. The number of hydrogen-bond acceptors (Lipinski definition) is 2.